The highest BCUT2D eigenvalue weighted by Crippen LogP contribution is 2.33. The van der Waals surface area contributed by atoms with Crippen LogP contribution in [-0.4, -0.2) is 13.7 Å². The smallest absolute Gasteiger partial charge is 0.124 e. The second kappa shape index (κ2) is 6.57. The van der Waals surface area contributed by atoms with Crippen molar-refractivity contribution in [1.29, 1.82) is 0 Å². The maximum atomic E-state index is 13.6. The molecule has 1 aromatic carbocycles. The Labute approximate surface area is 118 Å². The number of ether oxygens (including phenoxy) is 1. The minimum absolute atomic E-state index is 0.139. The number of hydrogen-bond donors (Lipinski definition) is 1. The summed E-state index contributed by atoms with van der Waals surface area (Å²) in [5.74, 6) is 1.30. The SMILES string of the molecule is CCNC(c1cc(F)ccc1OC)c1ccoc1CC. The summed E-state index contributed by atoms with van der Waals surface area (Å²) in [6, 6.07) is 6.36. The molecule has 2 aromatic rings. The van der Waals surface area contributed by atoms with Gasteiger partial charge in [0.2, 0.25) is 0 Å². The third-order valence-electron chi connectivity index (χ3n) is 3.32. The molecule has 0 aliphatic carbocycles. The maximum absolute atomic E-state index is 13.6. The van der Waals surface area contributed by atoms with E-state index in [-0.39, 0.29) is 11.9 Å². The van der Waals surface area contributed by atoms with Gasteiger partial charge in [-0.05, 0) is 30.8 Å². The average Bonchev–Trinajstić information content (AvgIpc) is 2.93. The van der Waals surface area contributed by atoms with Crippen molar-refractivity contribution in [2.24, 2.45) is 0 Å². The van der Waals surface area contributed by atoms with E-state index in [0.717, 1.165) is 29.9 Å². The zero-order chi connectivity index (χ0) is 14.5. The van der Waals surface area contributed by atoms with Crippen LogP contribution >= 0.6 is 0 Å². The van der Waals surface area contributed by atoms with Gasteiger partial charge in [-0.25, -0.2) is 4.39 Å². The summed E-state index contributed by atoms with van der Waals surface area (Å²) in [5, 5.41) is 3.37. The van der Waals surface area contributed by atoms with Gasteiger partial charge in [-0.1, -0.05) is 13.8 Å². The molecule has 0 bridgehead atoms. The summed E-state index contributed by atoms with van der Waals surface area (Å²) in [5.41, 5.74) is 1.81. The van der Waals surface area contributed by atoms with Crippen molar-refractivity contribution in [2.45, 2.75) is 26.3 Å². The Morgan fingerprint density at radius 3 is 2.70 bits per heavy atom. The van der Waals surface area contributed by atoms with Crippen LogP contribution in [0.4, 0.5) is 4.39 Å². The van der Waals surface area contributed by atoms with E-state index in [1.54, 1.807) is 19.4 Å². The molecular formula is C16H20FNO2. The van der Waals surface area contributed by atoms with Crippen LogP contribution in [0, 0.1) is 5.82 Å². The number of hydrogen-bond acceptors (Lipinski definition) is 3. The highest BCUT2D eigenvalue weighted by Gasteiger charge is 2.22. The van der Waals surface area contributed by atoms with Crippen molar-refractivity contribution in [3.63, 3.8) is 0 Å². The summed E-state index contributed by atoms with van der Waals surface area (Å²) in [6.07, 6.45) is 2.46. The molecule has 0 aliphatic rings. The lowest BCUT2D eigenvalue weighted by Gasteiger charge is -2.21. The van der Waals surface area contributed by atoms with Gasteiger partial charge in [0.05, 0.1) is 19.4 Å². The molecule has 0 amide bonds. The number of rotatable bonds is 6. The first kappa shape index (κ1) is 14.6. The molecule has 0 saturated carbocycles. The molecule has 0 saturated heterocycles. The van der Waals surface area contributed by atoms with Crippen LogP contribution in [0.1, 0.15) is 36.8 Å². The Hall–Kier alpha value is -1.81. The van der Waals surface area contributed by atoms with Gasteiger partial charge < -0.3 is 14.5 Å². The first-order valence-electron chi connectivity index (χ1n) is 6.84. The third-order valence-corrected chi connectivity index (χ3v) is 3.32. The molecule has 1 heterocycles. The predicted molar refractivity (Wildman–Crippen MR) is 76.6 cm³/mol. The number of methoxy groups -OCH3 is 1. The van der Waals surface area contributed by atoms with E-state index in [2.05, 4.69) is 5.32 Å². The third kappa shape index (κ3) is 2.85. The number of furan rings is 1. The quantitative estimate of drug-likeness (QED) is 0.874. The van der Waals surface area contributed by atoms with Gasteiger partial charge in [0.15, 0.2) is 0 Å². The zero-order valence-corrected chi connectivity index (χ0v) is 12.1. The predicted octanol–water partition coefficient (Wildman–Crippen LogP) is 3.69. The van der Waals surface area contributed by atoms with Gasteiger partial charge in [0, 0.05) is 17.5 Å². The molecule has 4 heteroatoms. The highest BCUT2D eigenvalue weighted by atomic mass is 19.1. The van der Waals surface area contributed by atoms with Crippen LogP contribution in [0.5, 0.6) is 5.75 Å². The topological polar surface area (TPSA) is 34.4 Å². The number of halogens is 1. The monoisotopic (exact) mass is 277 g/mol. The first-order chi connectivity index (χ1) is 9.71. The van der Waals surface area contributed by atoms with Gasteiger partial charge in [-0.3, -0.25) is 0 Å². The summed E-state index contributed by atoms with van der Waals surface area (Å²) in [4.78, 5) is 0. The standard InChI is InChI=1S/C16H20FNO2/c1-4-14-12(8-9-20-14)16(18-5-2)13-10-11(17)6-7-15(13)19-3/h6-10,16,18H,4-5H2,1-3H3. The maximum Gasteiger partial charge on any atom is 0.124 e. The Morgan fingerprint density at radius 2 is 2.05 bits per heavy atom. The number of benzene rings is 1. The Morgan fingerprint density at radius 1 is 1.25 bits per heavy atom. The van der Waals surface area contributed by atoms with E-state index in [4.69, 9.17) is 9.15 Å². The van der Waals surface area contributed by atoms with Gasteiger partial charge in [-0.2, -0.15) is 0 Å². The first-order valence-corrected chi connectivity index (χ1v) is 6.84. The molecule has 0 aliphatic heterocycles. The lowest BCUT2D eigenvalue weighted by Crippen LogP contribution is -2.23. The summed E-state index contributed by atoms with van der Waals surface area (Å²) in [7, 11) is 1.59. The van der Waals surface area contributed by atoms with E-state index in [1.165, 1.54) is 12.1 Å². The average molecular weight is 277 g/mol. The van der Waals surface area contributed by atoms with E-state index < -0.39 is 0 Å². The lowest BCUT2D eigenvalue weighted by molar-refractivity contribution is 0.402. The molecule has 108 valence electrons. The minimum Gasteiger partial charge on any atom is -0.496 e. The molecule has 0 spiro atoms. The zero-order valence-electron chi connectivity index (χ0n) is 12.1. The minimum atomic E-state index is -0.273. The molecule has 1 atom stereocenters. The van der Waals surface area contributed by atoms with Crippen molar-refractivity contribution in [3.8, 4) is 5.75 Å². The van der Waals surface area contributed by atoms with Crippen LogP contribution < -0.4 is 10.1 Å². The van der Waals surface area contributed by atoms with Gasteiger partial charge in [0.1, 0.15) is 17.3 Å². The Kier molecular flexibility index (Phi) is 4.79. The van der Waals surface area contributed by atoms with Gasteiger partial charge in [-0.15, -0.1) is 0 Å². The second-order valence-corrected chi connectivity index (χ2v) is 4.53. The molecule has 20 heavy (non-hydrogen) atoms. The number of aryl methyl sites for hydroxylation is 1. The molecule has 2 rings (SSSR count). The van der Waals surface area contributed by atoms with Crippen LogP contribution in [-0.2, 0) is 6.42 Å². The van der Waals surface area contributed by atoms with Gasteiger partial charge in [0.25, 0.3) is 0 Å². The van der Waals surface area contributed by atoms with Crippen molar-refractivity contribution in [3.05, 3.63) is 53.2 Å². The van der Waals surface area contributed by atoms with Crippen LogP contribution in [0.3, 0.4) is 0 Å². The summed E-state index contributed by atoms with van der Waals surface area (Å²) >= 11 is 0. The van der Waals surface area contributed by atoms with E-state index in [9.17, 15) is 4.39 Å². The highest BCUT2D eigenvalue weighted by molar-refractivity contribution is 5.42. The van der Waals surface area contributed by atoms with Crippen LogP contribution in [0.25, 0.3) is 0 Å². The van der Waals surface area contributed by atoms with Crippen LogP contribution in [0.15, 0.2) is 34.9 Å². The normalized spacial score (nSPS) is 12.4. The van der Waals surface area contributed by atoms with Crippen molar-refractivity contribution < 1.29 is 13.5 Å². The molecule has 1 N–H and O–H groups in total. The van der Waals surface area contributed by atoms with E-state index >= 15 is 0 Å². The lowest BCUT2D eigenvalue weighted by atomic mass is 9.97. The fraction of sp³-hybridized carbons (Fsp3) is 0.375. The van der Waals surface area contributed by atoms with E-state index in [1.807, 2.05) is 19.9 Å². The molecule has 0 radical (unpaired) electrons. The number of nitrogens with one attached hydrogen (secondary N) is 1. The fourth-order valence-electron chi connectivity index (χ4n) is 2.42. The summed E-state index contributed by atoms with van der Waals surface area (Å²) < 4.78 is 24.5. The Balaban J connectivity index is 2.50. The van der Waals surface area contributed by atoms with E-state index in [0.29, 0.717) is 5.75 Å². The van der Waals surface area contributed by atoms with Crippen LogP contribution in [0.2, 0.25) is 0 Å². The molecule has 0 fully saturated rings. The molecule has 3 nitrogen and oxygen atoms in total. The molecule has 1 unspecified atom stereocenters. The second-order valence-electron chi connectivity index (χ2n) is 4.53. The van der Waals surface area contributed by atoms with Crippen molar-refractivity contribution in [2.75, 3.05) is 13.7 Å². The van der Waals surface area contributed by atoms with Gasteiger partial charge >= 0.3 is 0 Å². The van der Waals surface area contributed by atoms with Crippen molar-refractivity contribution >= 4 is 0 Å². The molecular weight excluding hydrogens is 257 g/mol. The summed E-state index contributed by atoms with van der Waals surface area (Å²) in [6.45, 7) is 4.82. The fourth-order valence-corrected chi connectivity index (χ4v) is 2.42. The van der Waals surface area contributed by atoms with Crippen molar-refractivity contribution in [1.82, 2.24) is 5.32 Å². The largest absolute Gasteiger partial charge is 0.496 e. The molecule has 1 aromatic heterocycles. The Bertz CT molecular complexity index is 565.